The van der Waals surface area contributed by atoms with Gasteiger partial charge in [0.1, 0.15) is 0 Å². The molecule has 0 saturated heterocycles. The third kappa shape index (κ3) is 16.7. The van der Waals surface area contributed by atoms with Crippen LogP contribution in [0.1, 0.15) is 92.9 Å². The first kappa shape index (κ1) is 31.1. The summed E-state index contributed by atoms with van der Waals surface area (Å²) < 4.78 is 31.4. The molecule has 28 heavy (non-hydrogen) atoms. The molecule has 0 amide bonds. The predicted molar refractivity (Wildman–Crippen MR) is 128 cm³/mol. The van der Waals surface area contributed by atoms with Crippen LogP contribution in [0.5, 0.6) is 0 Å². The topological polar surface area (TPSA) is 60.4 Å². The number of hydrogen-bond acceptors (Lipinski definition) is 4. The lowest BCUT2D eigenvalue weighted by Crippen LogP contribution is -2.38. The van der Waals surface area contributed by atoms with Crippen molar-refractivity contribution in [1.29, 1.82) is 0 Å². The molecule has 0 spiro atoms. The van der Waals surface area contributed by atoms with Gasteiger partial charge in [-0.15, -0.1) is 3.94 Å². The van der Waals surface area contributed by atoms with Gasteiger partial charge in [0.15, 0.2) is 0 Å². The summed E-state index contributed by atoms with van der Waals surface area (Å²) in [6.07, 6.45) is 17.9. The number of halogens is 2. The summed E-state index contributed by atoms with van der Waals surface area (Å²) in [6, 6.07) is 0. The van der Waals surface area contributed by atoms with E-state index in [1.807, 2.05) is 0 Å². The summed E-state index contributed by atoms with van der Waals surface area (Å²) in [5.41, 5.74) is -1.05. The van der Waals surface area contributed by atoms with Crippen molar-refractivity contribution in [1.82, 2.24) is 3.94 Å². The van der Waals surface area contributed by atoms with Crippen LogP contribution >= 0.6 is 30.8 Å². The molecule has 0 aliphatic rings. The molecule has 0 aliphatic carbocycles. The van der Waals surface area contributed by atoms with Crippen LogP contribution in [-0.4, -0.2) is 52.8 Å². The molecule has 0 radical (unpaired) electrons. The van der Waals surface area contributed by atoms with Crippen LogP contribution in [0.3, 0.4) is 0 Å². The molecule has 0 fully saturated rings. The largest absolute Gasteiger partial charge is 0.748 e. The first-order valence-corrected chi connectivity index (χ1v) is 15.6. The highest BCUT2D eigenvalue weighted by Crippen LogP contribution is 2.61. The predicted octanol–water partition coefficient (Wildman–Crippen LogP) is 7.12. The van der Waals surface area contributed by atoms with Crippen molar-refractivity contribution in [3.8, 4) is 0 Å². The Bertz CT molecular complexity index is 437. The van der Waals surface area contributed by atoms with Gasteiger partial charge in [0.25, 0.3) is 0 Å². The summed E-state index contributed by atoms with van der Waals surface area (Å²) in [4.78, 5) is 0. The third-order valence-electron chi connectivity index (χ3n) is 4.93. The Morgan fingerprint density at radius 2 is 1.07 bits per heavy atom. The number of rotatable bonds is 15. The van der Waals surface area contributed by atoms with Gasteiger partial charge in [0.2, 0.25) is 0 Å². The van der Waals surface area contributed by atoms with Crippen molar-refractivity contribution >= 4 is 40.9 Å². The maximum Gasteiger partial charge on any atom is 0.0965 e. The van der Waals surface area contributed by atoms with E-state index in [1.54, 1.807) is 24.6 Å². The second-order valence-corrected chi connectivity index (χ2v) is 15.1. The average Bonchev–Trinajstić information content (AvgIpc) is 2.59. The van der Waals surface area contributed by atoms with E-state index in [0.717, 1.165) is 0 Å². The summed E-state index contributed by atoms with van der Waals surface area (Å²) in [5, 5.41) is 0. The molecule has 4 nitrogen and oxygen atoms in total. The van der Waals surface area contributed by atoms with Crippen molar-refractivity contribution in [3.63, 3.8) is 0 Å². The molecule has 0 saturated carbocycles. The second-order valence-electron chi connectivity index (χ2n) is 8.40. The van der Waals surface area contributed by atoms with Crippen LogP contribution in [0.4, 0.5) is 0 Å². The zero-order chi connectivity index (χ0) is 22.3. The van der Waals surface area contributed by atoms with Crippen LogP contribution in [0.2, 0.25) is 0 Å². The molecule has 0 aliphatic heterocycles. The van der Waals surface area contributed by atoms with E-state index in [9.17, 15) is 13.0 Å². The van der Waals surface area contributed by atoms with Gasteiger partial charge in [0.05, 0.1) is 46.1 Å². The normalized spacial score (nSPS) is 12.8. The molecule has 8 heteroatoms. The molecule has 0 unspecified atom stereocenters. The van der Waals surface area contributed by atoms with Crippen LogP contribution in [0.15, 0.2) is 0 Å². The highest BCUT2D eigenvalue weighted by Gasteiger charge is 2.34. The highest BCUT2D eigenvalue weighted by molar-refractivity contribution is 7.85. The lowest BCUT2D eigenvalue weighted by atomic mass is 10.1. The average molecular weight is 481 g/mol. The number of nitrogens with zero attached hydrogens (tertiary/aromatic N) is 1. The van der Waals surface area contributed by atoms with Gasteiger partial charge >= 0.3 is 0 Å². The number of hydrogen-bond donors (Lipinski definition) is 0. The lowest BCUT2D eigenvalue weighted by Gasteiger charge is -2.28. The molecule has 0 atom stereocenters. The molecule has 0 rings (SSSR count). The van der Waals surface area contributed by atoms with E-state index in [2.05, 4.69) is 27.7 Å². The Morgan fingerprint density at radius 1 is 0.786 bits per heavy atom. The van der Waals surface area contributed by atoms with Crippen LogP contribution < -0.4 is 0 Å². The van der Waals surface area contributed by atoms with Gasteiger partial charge in [-0.05, 0) is 63.1 Å². The first-order valence-electron chi connectivity index (χ1n) is 10.8. The van der Waals surface area contributed by atoms with E-state index in [4.69, 9.17) is 23.6 Å². The Morgan fingerprint density at radius 3 is 1.21 bits per heavy atom. The van der Waals surface area contributed by atoms with Crippen LogP contribution in [0.25, 0.3) is 0 Å². The molecular formula is C20H44Cl2NO3PS. The minimum absolute atomic E-state index is 0.562. The summed E-state index contributed by atoms with van der Waals surface area (Å²) >= 11 is 10.5. The number of unbranched alkanes of at least 4 members (excludes halogenated alkanes) is 4. The minimum Gasteiger partial charge on any atom is -0.748 e. The van der Waals surface area contributed by atoms with Gasteiger partial charge in [0, 0.05) is 7.26 Å². The molecular weight excluding hydrogens is 436 g/mol. The molecule has 0 aromatic carbocycles. The lowest BCUT2D eigenvalue weighted by molar-refractivity contribution is 0.370. The molecule has 0 heterocycles. The second kappa shape index (κ2) is 16.6. The molecule has 0 N–H and O–H groups in total. The van der Waals surface area contributed by atoms with E-state index < -0.39 is 28.7 Å². The van der Waals surface area contributed by atoms with Gasteiger partial charge in [-0.3, -0.25) is 0 Å². The summed E-state index contributed by atoms with van der Waals surface area (Å²) in [5.74, 6) is -0.618. The highest BCUT2D eigenvalue weighted by atomic mass is 35.5. The van der Waals surface area contributed by atoms with Crippen LogP contribution in [0, 0.1) is 0 Å². The Hall–Kier alpha value is 0.880. The molecule has 0 aromatic heterocycles. The van der Waals surface area contributed by atoms with E-state index in [-0.39, 0.29) is 0 Å². The Kier molecular flexibility index (Phi) is 18.4. The van der Waals surface area contributed by atoms with Crippen LogP contribution in [-0.2, 0) is 10.1 Å². The SMILES string of the molecule is CC(C)(CS(=O)(=O)[O-])N(Cl)Cl.CCCC[P+](CCCC)(CCCC)CCCC. The standard InChI is InChI=1S/C16H36P.C4H9Cl2NO3S/c1-5-9-13-17(14-10-6-2,15-11-7-3)16-12-8-4;1-4(2,7(5)6)3-11(8,9)10/h5-16H2,1-4H3;3H2,1-2H3,(H,8,9,10)/q+1;/p-1. The zero-order valence-electron chi connectivity index (χ0n) is 19.0. The quantitative estimate of drug-likeness (QED) is 0.142. The fourth-order valence-corrected chi connectivity index (χ4v) is 9.67. The maximum absolute atomic E-state index is 10.3. The first-order chi connectivity index (χ1) is 12.9. The fraction of sp³-hybridized carbons (Fsp3) is 1.00. The van der Waals surface area contributed by atoms with Crippen molar-refractivity contribution < 1.29 is 13.0 Å². The smallest absolute Gasteiger partial charge is 0.0965 e. The maximum atomic E-state index is 10.3. The van der Waals surface area contributed by atoms with Gasteiger partial charge in [-0.2, -0.15) is 0 Å². The van der Waals surface area contributed by atoms with Crippen molar-refractivity contribution in [3.05, 3.63) is 0 Å². The molecule has 0 bridgehead atoms. The Labute approximate surface area is 186 Å². The summed E-state index contributed by atoms with van der Waals surface area (Å²) in [7, 11) is -4.85. The Balaban J connectivity index is 0. The molecule has 0 aromatic rings. The van der Waals surface area contributed by atoms with Gasteiger partial charge in [-0.25, -0.2) is 8.42 Å². The van der Waals surface area contributed by atoms with E-state index in [1.165, 1.54) is 65.2 Å². The van der Waals surface area contributed by atoms with Gasteiger partial charge < -0.3 is 4.55 Å². The third-order valence-corrected chi connectivity index (χ3v) is 12.0. The van der Waals surface area contributed by atoms with Crippen molar-refractivity contribution in [2.75, 3.05) is 30.4 Å². The van der Waals surface area contributed by atoms with E-state index in [0.29, 0.717) is 3.94 Å². The minimum atomic E-state index is -4.29. The van der Waals surface area contributed by atoms with E-state index >= 15 is 0 Å². The monoisotopic (exact) mass is 479 g/mol. The zero-order valence-corrected chi connectivity index (χ0v) is 22.2. The van der Waals surface area contributed by atoms with Crippen molar-refractivity contribution in [2.24, 2.45) is 0 Å². The van der Waals surface area contributed by atoms with Gasteiger partial charge in [-0.1, -0.05) is 53.4 Å². The van der Waals surface area contributed by atoms with Crippen molar-refractivity contribution in [2.45, 2.75) is 98.4 Å². The fourth-order valence-electron chi connectivity index (χ4n) is 3.13. The molecule has 172 valence electrons. The summed E-state index contributed by atoms with van der Waals surface area (Å²) in [6.45, 7) is 12.3.